The van der Waals surface area contributed by atoms with Crippen molar-refractivity contribution in [1.29, 1.82) is 0 Å². The van der Waals surface area contributed by atoms with Crippen LogP contribution in [0, 0.1) is 0 Å². The number of hydrogen-bond donors (Lipinski definition) is 2. The van der Waals surface area contributed by atoms with Crippen molar-refractivity contribution in [2.24, 2.45) is 5.73 Å². The fourth-order valence-corrected chi connectivity index (χ4v) is 11.0. The molecule has 0 unspecified atom stereocenters. The summed E-state index contributed by atoms with van der Waals surface area (Å²) in [6, 6.07) is 28.3. The van der Waals surface area contributed by atoms with Crippen LogP contribution >= 0.6 is 0 Å². The number of rotatable bonds is 12. The van der Waals surface area contributed by atoms with E-state index in [1.165, 1.54) is 6.33 Å². The second kappa shape index (κ2) is 15.5. The maximum absolute atomic E-state index is 13.4. The molecule has 1 saturated heterocycles. The van der Waals surface area contributed by atoms with E-state index in [0.29, 0.717) is 17.0 Å². The van der Waals surface area contributed by atoms with Gasteiger partial charge in [0.2, 0.25) is 0 Å². The number of anilines is 1. The number of benzene rings is 3. The fourth-order valence-electron chi connectivity index (χ4n) is 7.46. The van der Waals surface area contributed by atoms with E-state index in [4.69, 9.17) is 43.2 Å². The number of hydrogen-bond acceptors (Lipinski definition) is 12. The Morgan fingerprint density at radius 1 is 0.817 bits per heavy atom. The number of nitrogens with two attached hydrogens (primary N) is 1. The average Bonchev–Trinajstić information content (AvgIpc) is 3.83. The highest BCUT2D eigenvalue weighted by atomic mass is 32.2. The van der Waals surface area contributed by atoms with Gasteiger partial charge >= 0.3 is 0 Å². The van der Waals surface area contributed by atoms with Gasteiger partial charge in [0.05, 0.1) is 31.1 Å². The largest absolute Gasteiger partial charge is 0.497 e. The molecule has 0 radical (unpaired) electrons. The van der Waals surface area contributed by atoms with Crippen molar-refractivity contribution < 1.29 is 30.9 Å². The van der Waals surface area contributed by atoms with Crippen molar-refractivity contribution in [1.82, 2.24) is 19.5 Å². The average molecular weight is 871 g/mol. The van der Waals surface area contributed by atoms with Crippen molar-refractivity contribution in [3.05, 3.63) is 125 Å². The van der Waals surface area contributed by atoms with Crippen molar-refractivity contribution in [2.45, 2.75) is 107 Å². The minimum absolute atomic E-state index is 0.00561. The highest BCUT2D eigenvalue weighted by molar-refractivity contribution is 7.90. The molecular formula is C44H58N6O7SSi2. The van der Waals surface area contributed by atoms with E-state index in [9.17, 15) is 8.42 Å². The Morgan fingerprint density at radius 3 is 1.90 bits per heavy atom. The zero-order chi connectivity index (χ0) is 43.5. The third-order valence-electron chi connectivity index (χ3n) is 12.9. The normalized spacial score (nSPS) is 22.3. The van der Waals surface area contributed by atoms with E-state index in [-0.39, 0.29) is 22.4 Å². The Hall–Kier alpha value is -4.43. The van der Waals surface area contributed by atoms with E-state index in [0.717, 1.165) is 27.8 Å². The number of nitrogens with zero attached hydrogens (tertiary/aromatic N) is 4. The summed E-state index contributed by atoms with van der Waals surface area (Å²) in [5.74, 6) is 1.18. The Bertz CT molecular complexity index is 2430. The van der Waals surface area contributed by atoms with E-state index in [1.807, 2.05) is 60.7 Å². The Morgan fingerprint density at radius 2 is 1.38 bits per heavy atom. The first kappa shape index (κ1) is 43.7. The van der Waals surface area contributed by atoms with Crippen LogP contribution in [-0.4, -0.2) is 76.1 Å². The summed E-state index contributed by atoms with van der Waals surface area (Å²) < 4.78 is 61.2. The summed E-state index contributed by atoms with van der Waals surface area (Å²) >= 11 is 0. The van der Waals surface area contributed by atoms with Gasteiger partial charge in [-0.25, -0.2) is 19.1 Å². The second-order valence-electron chi connectivity index (χ2n) is 18.7. The van der Waals surface area contributed by atoms with E-state index in [1.54, 1.807) is 18.0 Å². The standard InChI is InChI=1S/C44H58N6O7SSi2/c1-41(2,3)59(8,9)54-26-35-44(34(45)27-58(51,52)57-44)37(56-60(10,11)42(4,5)6)40(55-35)50-29-48-36-38(46-28-47-39(36)50)49-43(30-18-14-12-15-19-30,31-20-16-13-17-21-31)32-22-24-33(53-7)25-23-32/h12-25,27-29,35,37,40H,26,45H2,1-11H3,(H,46,47,49)/t35-,37+,40-,44-/m1/s1. The van der Waals surface area contributed by atoms with Crippen LogP contribution in [0.3, 0.4) is 0 Å². The molecule has 0 saturated carbocycles. The lowest BCUT2D eigenvalue weighted by Gasteiger charge is -2.43. The van der Waals surface area contributed by atoms with Crippen molar-refractivity contribution >= 4 is 43.7 Å². The third-order valence-corrected chi connectivity index (χ3v) is 23.0. The van der Waals surface area contributed by atoms with Crippen LogP contribution in [-0.2, 0) is 33.4 Å². The summed E-state index contributed by atoms with van der Waals surface area (Å²) in [5, 5.41) is 4.40. The maximum atomic E-state index is 13.4. The fraction of sp³-hybridized carbons (Fsp3) is 0.432. The van der Waals surface area contributed by atoms with Gasteiger partial charge in [-0.1, -0.05) is 114 Å². The maximum Gasteiger partial charge on any atom is 0.292 e. The number of nitrogens with one attached hydrogen (secondary N) is 1. The Kier molecular flexibility index (Phi) is 11.3. The van der Waals surface area contributed by atoms with E-state index >= 15 is 0 Å². The SMILES string of the molecule is COc1ccc(C(Nc2ncnc3c2ncn3[C@@H]2O[C@H](CO[Si](C)(C)C(C)(C)C)[C@@]3(OS(=O)(=O)C=C3N)[C@H]2O[Si](C)(C)C(C)(C)C)(c2ccccc2)c2ccccc2)cc1. The van der Waals surface area contributed by atoms with Gasteiger partial charge in [0, 0.05) is 0 Å². The molecule has 0 aliphatic carbocycles. The van der Waals surface area contributed by atoms with Crippen molar-refractivity contribution in [2.75, 3.05) is 19.0 Å². The van der Waals surface area contributed by atoms with Crippen LogP contribution < -0.4 is 15.8 Å². The van der Waals surface area contributed by atoms with Gasteiger partial charge in [0.15, 0.2) is 45.4 Å². The van der Waals surface area contributed by atoms with Gasteiger partial charge in [0.1, 0.15) is 29.8 Å². The van der Waals surface area contributed by atoms with Crippen LogP contribution in [0.5, 0.6) is 5.75 Å². The molecule has 1 spiro atoms. The lowest BCUT2D eigenvalue weighted by molar-refractivity contribution is -0.0535. The molecule has 5 aromatic rings. The van der Waals surface area contributed by atoms with Gasteiger partial charge in [0.25, 0.3) is 10.1 Å². The zero-order valence-corrected chi connectivity index (χ0v) is 39.2. The molecule has 320 valence electrons. The second-order valence-corrected chi connectivity index (χ2v) is 29.7. The minimum Gasteiger partial charge on any atom is -0.497 e. The monoisotopic (exact) mass is 870 g/mol. The van der Waals surface area contributed by atoms with Crippen molar-refractivity contribution in [3.8, 4) is 5.75 Å². The highest BCUT2D eigenvalue weighted by Gasteiger charge is 2.67. The predicted octanol–water partition coefficient (Wildman–Crippen LogP) is 8.45. The van der Waals surface area contributed by atoms with Crippen molar-refractivity contribution in [3.63, 3.8) is 0 Å². The van der Waals surface area contributed by atoms with Gasteiger partial charge < -0.3 is 29.4 Å². The molecule has 0 bridgehead atoms. The summed E-state index contributed by atoms with van der Waals surface area (Å²) in [6.45, 7) is 21.3. The molecule has 4 atom stereocenters. The smallest absolute Gasteiger partial charge is 0.292 e. The lowest BCUT2D eigenvalue weighted by Crippen LogP contribution is -2.59. The molecule has 2 aliphatic heterocycles. The summed E-state index contributed by atoms with van der Waals surface area (Å²) in [6.07, 6.45) is 0.0986. The zero-order valence-electron chi connectivity index (χ0n) is 36.4. The Balaban J connectivity index is 1.40. The molecule has 60 heavy (non-hydrogen) atoms. The molecule has 2 aromatic heterocycles. The molecule has 4 heterocycles. The number of ether oxygens (including phenoxy) is 2. The molecule has 3 aromatic carbocycles. The first-order valence-electron chi connectivity index (χ1n) is 20.2. The van der Waals surface area contributed by atoms with E-state index < -0.39 is 56.3 Å². The van der Waals surface area contributed by atoms with Gasteiger partial charge in [-0.15, -0.1) is 0 Å². The van der Waals surface area contributed by atoms with Crippen LogP contribution in [0.15, 0.2) is 109 Å². The number of imidazole rings is 1. The topological polar surface area (TPSA) is 162 Å². The molecular weight excluding hydrogens is 813 g/mol. The van der Waals surface area contributed by atoms with Crippen LogP contribution in [0.25, 0.3) is 11.2 Å². The lowest BCUT2D eigenvalue weighted by atomic mass is 9.77. The highest BCUT2D eigenvalue weighted by Crippen LogP contribution is 2.53. The van der Waals surface area contributed by atoms with Gasteiger partial charge in [-0.05, 0) is 65.1 Å². The first-order chi connectivity index (χ1) is 28.1. The van der Waals surface area contributed by atoms with Gasteiger partial charge in [-0.2, -0.15) is 8.42 Å². The van der Waals surface area contributed by atoms with Crippen LogP contribution in [0.2, 0.25) is 36.3 Å². The molecule has 3 N–H and O–H groups in total. The first-order valence-corrected chi connectivity index (χ1v) is 27.5. The molecule has 7 rings (SSSR count). The quantitative estimate of drug-likeness (QED) is 0.0700. The molecule has 0 amide bonds. The van der Waals surface area contributed by atoms with Crippen LogP contribution in [0.4, 0.5) is 5.82 Å². The summed E-state index contributed by atoms with van der Waals surface area (Å²) in [4.78, 5) is 14.5. The minimum atomic E-state index is -4.22. The van der Waals surface area contributed by atoms with Gasteiger partial charge in [-0.3, -0.25) is 4.57 Å². The molecule has 1 fully saturated rings. The predicted molar refractivity (Wildman–Crippen MR) is 239 cm³/mol. The number of fused-ring (bicyclic) bond motifs is 1. The number of methoxy groups -OCH3 is 1. The van der Waals surface area contributed by atoms with Crippen LogP contribution in [0.1, 0.15) is 64.5 Å². The summed E-state index contributed by atoms with van der Waals surface area (Å²) in [7, 11) is -7.65. The third kappa shape index (κ3) is 7.60. The van der Waals surface area contributed by atoms with E-state index in [2.05, 4.69) is 97.3 Å². The number of aromatic nitrogens is 4. The summed E-state index contributed by atoms with van der Waals surface area (Å²) in [5.41, 5.74) is 7.82. The molecule has 13 nitrogen and oxygen atoms in total. The molecule has 2 aliphatic rings. The Labute approximate surface area is 356 Å². The molecule has 16 heteroatoms.